The molecule has 0 amide bonds. The number of thioether (sulfide) groups is 1. The zero-order valence-corrected chi connectivity index (χ0v) is 14.0. The van der Waals surface area contributed by atoms with Gasteiger partial charge < -0.3 is 9.47 Å². The molecule has 1 unspecified atom stereocenters. The minimum absolute atomic E-state index is 0.324. The van der Waals surface area contributed by atoms with Crippen molar-refractivity contribution in [2.75, 3.05) is 12.9 Å². The maximum atomic E-state index is 14.2. The second-order valence-electron chi connectivity index (χ2n) is 6.03. The van der Waals surface area contributed by atoms with Crippen LogP contribution in [0.5, 0.6) is 5.75 Å². The average molecular weight is 336 g/mol. The largest absolute Gasteiger partial charge is 0.484 e. The van der Waals surface area contributed by atoms with Gasteiger partial charge in [0.1, 0.15) is 23.0 Å². The lowest BCUT2D eigenvalue weighted by molar-refractivity contribution is 0.0135. The Morgan fingerprint density at radius 1 is 1.13 bits per heavy atom. The second kappa shape index (κ2) is 5.80. The number of ether oxygens (including phenoxy) is 2. The zero-order chi connectivity index (χ0) is 16.7. The Labute approximate surface area is 138 Å². The van der Waals surface area contributed by atoms with E-state index in [1.54, 1.807) is 11.8 Å². The molecule has 23 heavy (non-hydrogen) atoms. The quantitative estimate of drug-likeness (QED) is 0.580. The molecule has 3 rings (SSSR count). The molecule has 1 aliphatic rings. The van der Waals surface area contributed by atoms with Crippen molar-refractivity contribution in [1.82, 2.24) is 0 Å². The molecule has 2 aromatic carbocycles. The van der Waals surface area contributed by atoms with E-state index in [0.29, 0.717) is 17.9 Å². The molecule has 0 aromatic heterocycles. The highest BCUT2D eigenvalue weighted by atomic mass is 32.2. The van der Waals surface area contributed by atoms with Crippen LogP contribution < -0.4 is 4.74 Å². The van der Waals surface area contributed by atoms with Gasteiger partial charge in [-0.15, -0.1) is 11.8 Å². The Balaban J connectivity index is 1.88. The van der Waals surface area contributed by atoms with Gasteiger partial charge in [-0.2, -0.15) is 0 Å². The summed E-state index contributed by atoms with van der Waals surface area (Å²) in [5.41, 5.74) is -1.38. The Kier molecular flexibility index (Phi) is 4.10. The van der Waals surface area contributed by atoms with Crippen molar-refractivity contribution in [2.24, 2.45) is 0 Å². The van der Waals surface area contributed by atoms with E-state index in [2.05, 4.69) is 0 Å². The average Bonchev–Trinajstić information content (AvgIpc) is 3.30. The lowest BCUT2D eigenvalue weighted by Gasteiger charge is -2.33. The van der Waals surface area contributed by atoms with E-state index < -0.39 is 22.8 Å². The molecule has 0 spiro atoms. The van der Waals surface area contributed by atoms with Crippen LogP contribution in [0.3, 0.4) is 0 Å². The Bertz CT molecular complexity index is 709. The number of hydrogen-bond donors (Lipinski definition) is 0. The minimum Gasteiger partial charge on any atom is -0.484 e. The molecule has 2 aromatic rings. The van der Waals surface area contributed by atoms with Crippen LogP contribution >= 0.6 is 11.8 Å². The fourth-order valence-electron chi connectivity index (χ4n) is 2.74. The van der Waals surface area contributed by atoms with Gasteiger partial charge in [0.15, 0.2) is 5.60 Å². The number of benzene rings is 2. The molecule has 1 saturated heterocycles. The third-order valence-electron chi connectivity index (χ3n) is 4.20. The van der Waals surface area contributed by atoms with Crippen LogP contribution in [0.1, 0.15) is 19.4 Å². The number of epoxide rings is 1. The van der Waals surface area contributed by atoms with Crippen molar-refractivity contribution in [3.63, 3.8) is 0 Å². The summed E-state index contributed by atoms with van der Waals surface area (Å²) >= 11 is 1.65. The first-order valence-corrected chi connectivity index (χ1v) is 8.53. The first kappa shape index (κ1) is 16.3. The van der Waals surface area contributed by atoms with Crippen LogP contribution in [-0.2, 0) is 10.3 Å². The van der Waals surface area contributed by atoms with Gasteiger partial charge in [0.2, 0.25) is 0 Å². The molecule has 1 fully saturated rings. The summed E-state index contributed by atoms with van der Waals surface area (Å²) in [6.07, 6.45) is 2.00. The molecule has 1 heterocycles. The third kappa shape index (κ3) is 2.95. The van der Waals surface area contributed by atoms with Gasteiger partial charge in [-0.05, 0) is 50.4 Å². The monoisotopic (exact) mass is 336 g/mol. The second-order valence-corrected chi connectivity index (χ2v) is 6.91. The van der Waals surface area contributed by atoms with Crippen molar-refractivity contribution in [3.05, 3.63) is 59.7 Å². The van der Waals surface area contributed by atoms with Gasteiger partial charge in [-0.3, -0.25) is 0 Å². The molecular weight excluding hydrogens is 318 g/mol. The molecule has 5 heteroatoms. The molecule has 0 radical (unpaired) electrons. The molecule has 0 saturated carbocycles. The predicted octanol–water partition coefficient (Wildman–Crippen LogP) is 4.77. The molecule has 0 N–H and O–H groups in total. The summed E-state index contributed by atoms with van der Waals surface area (Å²) in [5.74, 6) is -0.532. The first-order valence-electron chi connectivity index (χ1n) is 7.30. The van der Waals surface area contributed by atoms with Crippen LogP contribution in [0, 0.1) is 11.6 Å². The minimum atomic E-state index is -0.900. The number of halogens is 2. The van der Waals surface area contributed by atoms with E-state index in [1.165, 1.54) is 12.1 Å². The van der Waals surface area contributed by atoms with Crippen LogP contribution in [-0.4, -0.2) is 18.5 Å². The van der Waals surface area contributed by atoms with E-state index in [9.17, 15) is 8.78 Å². The normalized spacial score (nSPS) is 20.4. The predicted molar refractivity (Wildman–Crippen MR) is 86.9 cm³/mol. The lowest BCUT2D eigenvalue weighted by Crippen LogP contribution is -2.43. The van der Waals surface area contributed by atoms with E-state index in [-0.39, 0.29) is 0 Å². The Morgan fingerprint density at radius 3 is 2.30 bits per heavy atom. The number of rotatable bonds is 5. The molecule has 0 aliphatic carbocycles. The summed E-state index contributed by atoms with van der Waals surface area (Å²) in [5, 5.41) is 0. The van der Waals surface area contributed by atoms with Gasteiger partial charge >= 0.3 is 0 Å². The summed E-state index contributed by atoms with van der Waals surface area (Å²) in [7, 11) is 0. The molecule has 1 aliphatic heterocycles. The van der Waals surface area contributed by atoms with Crippen molar-refractivity contribution in [3.8, 4) is 5.75 Å². The van der Waals surface area contributed by atoms with E-state index >= 15 is 0 Å². The standard InChI is InChI=1S/C18H18F2O2S/c1-17(2,22-13-5-7-14(23-3)8-6-13)18(11-21-18)15-9-4-12(19)10-16(15)20/h4-10H,11H2,1-3H3. The highest BCUT2D eigenvalue weighted by Gasteiger charge is 2.61. The fraction of sp³-hybridized carbons (Fsp3) is 0.333. The number of hydrogen-bond acceptors (Lipinski definition) is 3. The van der Waals surface area contributed by atoms with Gasteiger partial charge in [-0.1, -0.05) is 6.07 Å². The van der Waals surface area contributed by atoms with Crippen molar-refractivity contribution >= 4 is 11.8 Å². The van der Waals surface area contributed by atoms with Gasteiger partial charge in [-0.25, -0.2) is 8.78 Å². The molecular formula is C18H18F2O2S. The summed E-state index contributed by atoms with van der Waals surface area (Å²) in [4.78, 5) is 1.14. The summed E-state index contributed by atoms with van der Waals surface area (Å²) in [6, 6.07) is 11.2. The fourth-order valence-corrected chi connectivity index (χ4v) is 3.15. The topological polar surface area (TPSA) is 21.8 Å². The maximum Gasteiger partial charge on any atom is 0.158 e. The lowest BCUT2D eigenvalue weighted by atomic mass is 9.84. The highest BCUT2D eigenvalue weighted by Crippen LogP contribution is 2.50. The molecule has 0 bridgehead atoms. The zero-order valence-electron chi connectivity index (χ0n) is 13.2. The van der Waals surface area contributed by atoms with Crippen LogP contribution in [0.25, 0.3) is 0 Å². The molecule has 122 valence electrons. The third-order valence-corrected chi connectivity index (χ3v) is 4.95. The summed E-state index contributed by atoms with van der Waals surface area (Å²) in [6.45, 7) is 4.04. The Morgan fingerprint density at radius 2 is 1.78 bits per heavy atom. The highest BCUT2D eigenvalue weighted by molar-refractivity contribution is 7.98. The summed E-state index contributed by atoms with van der Waals surface area (Å²) < 4.78 is 39.0. The van der Waals surface area contributed by atoms with Crippen LogP contribution in [0.15, 0.2) is 47.4 Å². The van der Waals surface area contributed by atoms with Crippen molar-refractivity contribution in [1.29, 1.82) is 0 Å². The van der Waals surface area contributed by atoms with Crippen LogP contribution in [0.4, 0.5) is 8.78 Å². The SMILES string of the molecule is CSc1ccc(OC(C)(C)C2(c3ccc(F)cc3F)CO2)cc1. The molecule has 2 nitrogen and oxygen atoms in total. The van der Waals surface area contributed by atoms with Gasteiger partial charge in [0.05, 0.1) is 6.61 Å². The van der Waals surface area contributed by atoms with Gasteiger partial charge in [0.25, 0.3) is 0 Å². The molecule has 1 atom stereocenters. The van der Waals surface area contributed by atoms with E-state index in [4.69, 9.17) is 9.47 Å². The maximum absolute atomic E-state index is 14.2. The van der Waals surface area contributed by atoms with Crippen molar-refractivity contribution in [2.45, 2.75) is 29.9 Å². The Hall–Kier alpha value is -1.59. The van der Waals surface area contributed by atoms with E-state index in [0.717, 1.165) is 11.0 Å². The smallest absolute Gasteiger partial charge is 0.158 e. The van der Waals surface area contributed by atoms with Crippen molar-refractivity contribution < 1.29 is 18.3 Å². The first-order chi connectivity index (χ1) is 10.9. The van der Waals surface area contributed by atoms with Crippen LogP contribution in [0.2, 0.25) is 0 Å². The van der Waals surface area contributed by atoms with Gasteiger partial charge in [0, 0.05) is 16.5 Å². The van der Waals surface area contributed by atoms with E-state index in [1.807, 2.05) is 44.4 Å².